The highest BCUT2D eigenvalue weighted by Crippen LogP contribution is 2.45. The molecule has 3 rings (SSSR count). The summed E-state index contributed by atoms with van der Waals surface area (Å²) in [5.74, 6) is 0.753. The van der Waals surface area contributed by atoms with Crippen molar-refractivity contribution in [3.63, 3.8) is 0 Å². The van der Waals surface area contributed by atoms with Gasteiger partial charge in [0.05, 0.1) is 0 Å². The van der Waals surface area contributed by atoms with E-state index in [4.69, 9.17) is 0 Å². The van der Waals surface area contributed by atoms with Crippen molar-refractivity contribution in [2.75, 3.05) is 0 Å². The molecule has 0 radical (unpaired) electrons. The molecule has 4 unspecified atom stereocenters. The summed E-state index contributed by atoms with van der Waals surface area (Å²) in [4.78, 5) is 12.7. The summed E-state index contributed by atoms with van der Waals surface area (Å²) in [7, 11) is 0. The standard InChI is InChI=1S/C20H29F5O2/c1-11-2-4-12(5-3-11)13-6-7-15(18(26)10-13)14-8-16(21)19(17(22)9-14)27-20(23,24)25/h11-17,19H,2-10H2,1H3. The second kappa shape index (κ2) is 8.34. The Kier molecular flexibility index (Phi) is 6.48. The number of hydrogen-bond acceptors (Lipinski definition) is 2. The normalized spacial score (nSPS) is 44.3. The molecule has 2 nitrogen and oxygen atoms in total. The van der Waals surface area contributed by atoms with E-state index in [1.54, 1.807) is 0 Å². The molecule has 27 heavy (non-hydrogen) atoms. The van der Waals surface area contributed by atoms with Gasteiger partial charge in [0, 0.05) is 12.3 Å². The summed E-state index contributed by atoms with van der Waals surface area (Å²) in [5.41, 5.74) is 0. The Morgan fingerprint density at radius 2 is 1.41 bits per heavy atom. The van der Waals surface area contributed by atoms with Crippen LogP contribution < -0.4 is 0 Å². The molecule has 3 aliphatic rings. The van der Waals surface area contributed by atoms with E-state index in [9.17, 15) is 26.7 Å². The summed E-state index contributed by atoms with van der Waals surface area (Å²) in [6.07, 6.45) is -5.11. The molecule has 4 atom stereocenters. The molecule has 3 saturated carbocycles. The van der Waals surface area contributed by atoms with Crippen molar-refractivity contribution in [3.8, 4) is 0 Å². The average molecular weight is 396 g/mol. The Hall–Kier alpha value is -0.720. The van der Waals surface area contributed by atoms with E-state index >= 15 is 0 Å². The molecular weight excluding hydrogens is 367 g/mol. The van der Waals surface area contributed by atoms with Crippen LogP contribution in [0.25, 0.3) is 0 Å². The van der Waals surface area contributed by atoms with E-state index in [-0.39, 0.29) is 18.6 Å². The Bertz CT molecular complexity index is 503. The van der Waals surface area contributed by atoms with Crippen molar-refractivity contribution < 1.29 is 31.5 Å². The minimum Gasteiger partial charge on any atom is -0.299 e. The number of ether oxygens (including phenoxy) is 1. The molecule has 7 heteroatoms. The first-order valence-corrected chi connectivity index (χ1v) is 10.2. The molecule has 0 saturated heterocycles. The zero-order chi connectivity index (χ0) is 19.8. The molecule has 0 bridgehead atoms. The summed E-state index contributed by atoms with van der Waals surface area (Å²) in [6, 6.07) is 0. The Balaban J connectivity index is 1.55. The Labute approximate surface area is 157 Å². The van der Waals surface area contributed by atoms with Gasteiger partial charge in [-0.2, -0.15) is 0 Å². The number of rotatable bonds is 3. The maximum atomic E-state index is 14.2. The fraction of sp³-hybridized carbons (Fsp3) is 0.950. The molecule has 0 N–H and O–H groups in total. The zero-order valence-electron chi connectivity index (χ0n) is 15.7. The van der Waals surface area contributed by atoms with Gasteiger partial charge in [-0.15, -0.1) is 13.2 Å². The third-order valence-corrected chi connectivity index (χ3v) is 7.06. The first-order valence-electron chi connectivity index (χ1n) is 10.2. The van der Waals surface area contributed by atoms with Crippen LogP contribution in [-0.4, -0.2) is 30.6 Å². The van der Waals surface area contributed by atoms with Crippen LogP contribution >= 0.6 is 0 Å². The summed E-state index contributed by atoms with van der Waals surface area (Å²) in [5, 5.41) is 0. The smallest absolute Gasteiger partial charge is 0.299 e. The third-order valence-electron chi connectivity index (χ3n) is 7.06. The monoisotopic (exact) mass is 396 g/mol. The van der Waals surface area contributed by atoms with E-state index in [0.717, 1.165) is 25.2 Å². The minimum absolute atomic E-state index is 0.0458. The van der Waals surface area contributed by atoms with Crippen LogP contribution in [0, 0.1) is 29.6 Å². The maximum absolute atomic E-state index is 14.2. The lowest BCUT2D eigenvalue weighted by Crippen LogP contribution is -2.47. The van der Waals surface area contributed by atoms with Gasteiger partial charge in [-0.3, -0.25) is 9.53 Å². The quantitative estimate of drug-likeness (QED) is 0.565. The molecule has 3 aliphatic carbocycles. The second-order valence-corrected chi connectivity index (χ2v) is 8.93. The lowest BCUT2D eigenvalue weighted by Gasteiger charge is -2.41. The topological polar surface area (TPSA) is 26.3 Å². The number of hydrogen-bond donors (Lipinski definition) is 0. The first kappa shape index (κ1) is 21.0. The highest BCUT2D eigenvalue weighted by atomic mass is 19.4. The number of carbonyl (C=O) groups excluding carboxylic acids is 1. The van der Waals surface area contributed by atoms with Crippen LogP contribution in [0.5, 0.6) is 0 Å². The van der Waals surface area contributed by atoms with E-state index < -0.39 is 36.6 Å². The lowest BCUT2D eigenvalue weighted by molar-refractivity contribution is -0.358. The number of carbonyl (C=O) groups is 1. The second-order valence-electron chi connectivity index (χ2n) is 8.93. The third kappa shape index (κ3) is 5.21. The molecule has 3 fully saturated rings. The number of halogens is 5. The number of ketones is 1. The van der Waals surface area contributed by atoms with E-state index in [1.807, 2.05) is 0 Å². The fourth-order valence-electron chi connectivity index (χ4n) is 5.52. The Morgan fingerprint density at radius 1 is 0.852 bits per heavy atom. The van der Waals surface area contributed by atoms with Gasteiger partial charge < -0.3 is 0 Å². The largest absolute Gasteiger partial charge is 0.522 e. The first-order chi connectivity index (χ1) is 12.6. The predicted molar refractivity (Wildman–Crippen MR) is 90.4 cm³/mol. The van der Waals surface area contributed by atoms with Crippen LogP contribution in [0.4, 0.5) is 22.0 Å². The zero-order valence-corrected chi connectivity index (χ0v) is 15.7. The molecule has 0 aliphatic heterocycles. The van der Waals surface area contributed by atoms with E-state index in [0.29, 0.717) is 24.7 Å². The van der Waals surface area contributed by atoms with Crippen molar-refractivity contribution in [2.24, 2.45) is 29.6 Å². The summed E-state index contributed by atoms with van der Waals surface area (Å²) < 4.78 is 69.0. The molecule has 0 aromatic carbocycles. The summed E-state index contributed by atoms with van der Waals surface area (Å²) >= 11 is 0. The van der Waals surface area contributed by atoms with Crippen LogP contribution in [0.1, 0.15) is 64.7 Å². The minimum atomic E-state index is -5.06. The van der Waals surface area contributed by atoms with E-state index in [2.05, 4.69) is 11.7 Å². The van der Waals surface area contributed by atoms with Crippen LogP contribution in [0.15, 0.2) is 0 Å². The van der Waals surface area contributed by atoms with Crippen LogP contribution in [0.2, 0.25) is 0 Å². The van der Waals surface area contributed by atoms with Crippen molar-refractivity contribution in [1.82, 2.24) is 0 Å². The highest BCUT2D eigenvalue weighted by Gasteiger charge is 2.49. The van der Waals surface area contributed by atoms with Crippen molar-refractivity contribution in [1.29, 1.82) is 0 Å². The van der Waals surface area contributed by atoms with Crippen LogP contribution in [0.3, 0.4) is 0 Å². The van der Waals surface area contributed by atoms with E-state index in [1.165, 1.54) is 12.8 Å². The van der Waals surface area contributed by atoms with Gasteiger partial charge in [-0.1, -0.05) is 19.8 Å². The number of Topliss-reactive ketones (excluding diaryl/α,β-unsaturated/α-hetero) is 1. The molecule has 0 aromatic rings. The van der Waals surface area contributed by atoms with Gasteiger partial charge in [-0.05, 0) is 62.2 Å². The van der Waals surface area contributed by atoms with Crippen molar-refractivity contribution in [2.45, 2.75) is 89.5 Å². The number of alkyl halides is 5. The molecular formula is C20H29F5O2. The molecule has 156 valence electrons. The SMILES string of the molecule is CC1CCC(C2CCC(C3CC(F)C(OC(F)(F)F)C(F)C3)C(=O)C2)CC1. The van der Waals surface area contributed by atoms with Gasteiger partial charge in [0.25, 0.3) is 0 Å². The average Bonchev–Trinajstić information content (AvgIpc) is 2.58. The molecule has 0 heterocycles. The van der Waals surface area contributed by atoms with Crippen molar-refractivity contribution in [3.05, 3.63) is 0 Å². The van der Waals surface area contributed by atoms with Crippen molar-refractivity contribution >= 4 is 5.78 Å². The maximum Gasteiger partial charge on any atom is 0.522 e. The van der Waals surface area contributed by atoms with Crippen LogP contribution in [-0.2, 0) is 9.53 Å². The molecule has 0 spiro atoms. The van der Waals surface area contributed by atoms with Gasteiger partial charge >= 0.3 is 6.36 Å². The van der Waals surface area contributed by atoms with Gasteiger partial charge in [0.15, 0.2) is 0 Å². The highest BCUT2D eigenvalue weighted by molar-refractivity contribution is 5.82. The van der Waals surface area contributed by atoms with Gasteiger partial charge in [0.2, 0.25) is 0 Å². The fourth-order valence-corrected chi connectivity index (χ4v) is 5.52. The Morgan fingerprint density at radius 3 is 1.93 bits per heavy atom. The molecule has 0 aromatic heterocycles. The molecule has 0 amide bonds. The van der Waals surface area contributed by atoms with Gasteiger partial charge in [0.1, 0.15) is 24.2 Å². The summed E-state index contributed by atoms with van der Waals surface area (Å²) in [6.45, 7) is 2.25. The lowest BCUT2D eigenvalue weighted by atomic mass is 9.65. The predicted octanol–water partition coefficient (Wildman–Crippen LogP) is 5.79. The van der Waals surface area contributed by atoms with Gasteiger partial charge in [-0.25, -0.2) is 8.78 Å².